The van der Waals surface area contributed by atoms with Crippen LogP contribution >= 0.6 is 35.0 Å². The number of hydrogen-bond acceptors (Lipinski definition) is 7. The first-order chi connectivity index (χ1) is 19.9. The van der Waals surface area contributed by atoms with Gasteiger partial charge in [-0.25, -0.2) is 9.18 Å². The van der Waals surface area contributed by atoms with Crippen molar-refractivity contribution in [3.05, 3.63) is 81.5 Å². The van der Waals surface area contributed by atoms with E-state index in [0.29, 0.717) is 12.0 Å². The van der Waals surface area contributed by atoms with Crippen LogP contribution in [0.1, 0.15) is 62.1 Å². The largest absolute Gasteiger partial charge is 0.457 e. The van der Waals surface area contributed by atoms with E-state index in [2.05, 4.69) is 6.92 Å². The maximum atomic E-state index is 14.3. The highest BCUT2D eigenvalue weighted by Crippen LogP contribution is 2.68. The average Bonchev–Trinajstić information content (AvgIpc) is 3.57. The number of allylic oxidation sites excluding steroid dienone is 4. The molecule has 4 aliphatic carbocycles. The van der Waals surface area contributed by atoms with Gasteiger partial charge in [0.1, 0.15) is 5.82 Å². The number of ether oxygens (including phenoxy) is 1. The average molecular weight is 634 g/mol. The molecule has 10 heteroatoms. The molecular weight excluding hydrogens is 602 g/mol. The first kappa shape index (κ1) is 29.7. The lowest BCUT2D eigenvalue weighted by Crippen LogP contribution is -2.62. The number of aliphatic hydroxyl groups excluding tert-OH is 1. The third-order valence-corrected chi connectivity index (χ3v) is 12.1. The molecule has 0 spiro atoms. The van der Waals surface area contributed by atoms with Gasteiger partial charge in [-0.05, 0) is 85.9 Å². The van der Waals surface area contributed by atoms with Crippen LogP contribution in [0.15, 0.2) is 58.7 Å². The molecule has 6 unspecified atom stereocenters. The van der Waals surface area contributed by atoms with Crippen molar-refractivity contribution >= 4 is 51.8 Å². The second-order valence-corrected chi connectivity index (χ2v) is 14.1. The molecule has 6 rings (SSSR count). The zero-order valence-electron chi connectivity index (χ0n) is 23.2. The second-order valence-electron chi connectivity index (χ2n) is 12.4. The fourth-order valence-corrected chi connectivity index (χ4v) is 10.1. The number of carbonyl (C=O) groups is 3. The normalized spacial score (nSPS) is 35.2. The lowest BCUT2D eigenvalue weighted by Gasteiger charge is -2.59. The summed E-state index contributed by atoms with van der Waals surface area (Å²) in [7, 11) is 0. The van der Waals surface area contributed by atoms with E-state index >= 15 is 0 Å². The van der Waals surface area contributed by atoms with Gasteiger partial charge in [0.25, 0.3) is 0 Å². The molecule has 4 aliphatic rings. The van der Waals surface area contributed by atoms with Gasteiger partial charge in [-0.15, -0.1) is 0 Å². The van der Waals surface area contributed by atoms with Crippen LogP contribution < -0.4 is 0 Å². The summed E-state index contributed by atoms with van der Waals surface area (Å²) >= 11 is 13.1. The summed E-state index contributed by atoms with van der Waals surface area (Å²) in [5.74, 6) is -1.53. The molecule has 42 heavy (non-hydrogen) atoms. The highest BCUT2D eigenvalue weighted by molar-refractivity contribution is 8.13. The van der Waals surface area contributed by atoms with E-state index in [4.69, 9.17) is 32.4 Å². The molecule has 1 heterocycles. The number of furan rings is 1. The number of halogens is 3. The molecule has 3 saturated carbocycles. The SMILES string of the molecule is CC12C=CC(=O)C=C1CCC1C2C(O)CC2(C)C1CC[C@]2(OC(=O)c1ccco1)C(=O)SCc1cc(F)c(Cl)cc1Cl. The maximum Gasteiger partial charge on any atom is 0.375 e. The quantitative estimate of drug-likeness (QED) is 0.272. The number of thioether (sulfide) groups is 1. The summed E-state index contributed by atoms with van der Waals surface area (Å²) < 4.78 is 25.7. The molecule has 7 atom stereocenters. The van der Waals surface area contributed by atoms with Gasteiger partial charge < -0.3 is 14.3 Å². The van der Waals surface area contributed by atoms with Crippen LogP contribution in [0.3, 0.4) is 0 Å². The fourth-order valence-electron chi connectivity index (χ4n) is 8.40. The number of benzene rings is 1. The zero-order chi connectivity index (χ0) is 30.0. The summed E-state index contributed by atoms with van der Waals surface area (Å²) in [4.78, 5) is 39.8. The van der Waals surface area contributed by atoms with Crippen molar-refractivity contribution in [3.63, 3.8) is 0 Å². The van der Waals surface area contributed by atoms with Crippen molar-refractivity contribution < 1.29 is 33.0 Å². The molecule has 222 valence electrons. The Kier molecular flexibility index (Phi) is 7.52. The molecule has 0 amide bonds. The highest BCUT2D eigenvalue weighted by atomic mass is 35.5. The first-order valence-corrected chi connectivity index (χ1v) is 15.8. The minimum atomic E-state index is -1.56. The Hall–Kier alpha value is -2.39. The molecular formula is C32H31Cl2FO6S. The lowest BCUT2D eigenvalue weighted by atomic mass is 9.46. The molecule has 0 bridgehead atoms. The molecule has 1 aromatic carbocycles. The van der Waals surface area contributed by atoms with Crippen LogP contribution in [0, 0.1) is 34.4 Å². The fraction of sp³-hybridized carbons (Fsp3) is 0.469. The molecule has 0 saturated heterocycles. The van der Waals surface area contributed by atoms with Gasteiger partial charge >= 0.3 is 5.97 Å². The Balaban J connectivity index is 1.36. The van der Waals surface area contributed by atoms with Crippen LogP contribution in [-0.4, -0.2) is 33.7 Å². The summed E-state index contributed by atoms with van der Waals surface area (Å²) in [5.41, 5.74) is -1.50. The van der Waals surface area contributed by atoms with E-state index in [0.717, 1.165) is 30.2 Å². The number of aliphatic hydroxyl groups is 1. The van der Waals surface area contributed by atoms with Crippen LogP contribution in [-0.2, 0) is 20.1 Å². The third kappa shape index (κ3) is 4.52. The number of carbonyl (C=O) groups excluding carboxylic acids is 3. The van der Waals surface area contributed by atoms with Crippen molar-refractivity contribution in [2.24, 2.45) is 28.6 Å². The van der Waals surface area contributed by atoms with Gasteiger partial charge in [-0.2, -0.15) is 0 Å². The molecule has 1 N–H and O–H groups in total. The minimum absolute atomic E-state index is 0.0201. The lowest BCUT2D eigenvalue weighted by molar-refractivity contribution is -0.171. The molecule has 0 radical (unpaired) electrons. The number of fused-ring (bicyclic) bond motifs is 5. The van der Waals surface area contributed by atoms with Crippen LogP contribution in [0.2, 0.25) is 10.0 Å². The molecule has 0 aliphatic heterocycles. The highest BCUT2D eigenvalue weighted by Gasteiger charge is 2.70. The molecule has 3 fully saturated rings. The number of esters is 1. The molecule has 1 aromatic heterocycles. The second kappa shape index (κ2) is 10.7. The van der Waals surface area contributed by atoms with Crippen LogP contribution in [0.5, 0.6) is 0 Å². The van der Waals surface area contributed by atoms with Crippen molar-refractivity contribution in [2.75, 3.05) is 0 Å². The number of rotatable bonds is 5. The van der Waals surface area contributed by atoms with Crippen molar-refractivity contribution in [1.82, 2.24) is 0 Å². The molecule has 2 aromatic rings. The number of ketones is 1. The molecule has 6 nitrogen and oxygen atoms in total. The first-order valence-electron chi connectivity index (χ1n) is 14.1. The van der Waals surface area contributed by atoms with Crippen LogP contribution in [0.25, 0.3) is 0 Å². The Labute approximate surface area is 257 Å². The Morgan fingerprint density at radius 2 is 2.00 bits per heavy atom. The Bertz CT molecular complexity index is 1520. The third-order valence-electron chi connectivity index (χ3n) is 10.4. The van der Waals surface area contributed by atoms with Gasteiger partial charge in [-0.3, -0.25) is 9.59 Å². The van der Waals surface area contributed by atoms with Crippen molar-refractivity contribution in [2.45, 2.75) is 63.4 Å². The summed E-state index contributed by atoms with van der Waals surface area (Å²) in [5, 5.41) is 11.6. The monoisotopic (exact) mass is 632 g/mol. The topological polar surface area (TPSA) is 93.8 Å². The van der Waals surface area contributed by atoms with E-state index < -0.39 is 34.3 Å². The summed E-state index contributed by atoms with van der Waals surface area (Å²) in [6.07, 6.45) is 8.38. The van der Waals surface area contributed by atoms with E-state index in [1.807, 2.05) is 13.0 Å². The Morgan fingerprint density at radius 3 is 2.74 bits per heavy atom. The predicted molar refractivity (Wildman–Crippen MR) is 158 cm³/mol. The van der Waals surface area contributed by atoms with E-state index in [-0.39, 0.29) is 63.1 Å². The smallest absolute Gasteiger partial charge is 0.375 e. The summed E-state index contributed by atoms with van der Waals surface area (Å²) in [6.45, 7) is 4.03. The minimum Gasteiger partial charge on any atom is -0.457 e. The Morgan fingerprint density at radius 1 is 1.21 bits per heavy atom. The van der Waals surface area contributed by atoms with Crippen molar-refractivity contribution in [3.8, 4) is 0 Å². The summed E-state index contributed by atoms with van der Waals surface area (Å²) in [6, 6.07) is 5.56. The van der Waals surface area contributed by atoms with E-state index in [1.165, 1.54) is 24.5 Å². The van der Waals surface area contributed by atoms with Gasteiger partial charge in [0, 0.05) is 27.5 Å². The van der Waals surface area contributed by atoms with E-state index in [1.54, 1.807) is 18.2 Å². The van der Waals surface area contributed by atoms with Gasteiger partial charge in [0.15, 0.2) is 11.4 Å². The van der Waals surface area contributed by atoms with Gasteiger partial charge in [0.05, 0.1) is 17.4 Å². The van der Waals surface area contributed by atoms with Gasteiger partial charge in [-0.1, -0.05) is 60.5 Å². The number of hydrogen-bond donors (Lipinski definition) is 1. The van der Waals surface area contributed by atoms with Gasteiger partial charge in [0.2, 0.25) is 10.9 Å². The standard InChI is InChI=1S/C32H31Cl2FO6S/c1-30-9-7-19(36)13-18(30)5-6-20-21-8-10-32(31(21,2)15-25(37)27(20)30,41-28(38)26-4-3-11-40-26)29(39)42-16-17-12-24(35)23(34)14-22(17)33/h3-4,7,9,11-14,20-21,25,27,37H,5-6,8,10,15-16H2,1-2H3/t20?,21?,25?,27?,30?,31?,32-/m0/s1. The zero-order valence-corrected chi connectivity index (χ0v) is 25.5. The van der Waals surface area contributed by atoms with E-state index in [9.17, 15) is 23.9 Å². The predicted octanol–water partition coefficient (Wildman–Crippen LogP) is 7.36. The van der Waals surface area contributed by atoms with Crippen LogP contribution in [0.4, 0.5) is 4.39 Å². The van der Waals surface area contributed by atoms with Crippen molar-refractivity contribution in [1.29, 1.82) is 0 Å². The maximum absolute atomic E-state index is 14.3.